The molecule has 1 unspecified atom stereocenters. The maximum atomic E-state index is 13.4. The predicted octanol–water partition coefficient (Wildman–Crippen LogP) is 2.63. The van der Waals surface area contributed by atoms with Crippen molar-refractivity contribution < 1.29 is 13.7 Å². The molecule has 2 aromatic rings. The van der Waals surface area contributed by atoms with Crippen molar-refractivity contribution in [3.63, 3.8) is 0 Å². The van der Waals surface area contributed by atoms with E-state index in [1.54, 1.807) is 6.07 Å². The van der Waals surface area contributed by atoms with E-state index in [2.05, 4.69) is 10.1 Å². The third kappa shape index (κ3) is 4.26. The standard InChI is InChI=1S/C15H20FN3O2/c1-3-12(17)8-10-7-11(16)5-6-13(10)20-9-14-18-15(4-2)21-19-14/h5-7,12H,3-4,8-9,17H2,1-2H3. The van der Waals surface area contributed by atoms with Gasteiger partial charge >= 0.3 is 0 Å². The maximum absolute atomic E-state index is 13.4. The fourth-order valence-corrected chi connectivity index (χ4v) is 1.91. The van der Waals surface area contributed by atoms with Crippen LogP contribution in [0.15, 0.2) is 22.7 Å². The van der Waals surface area contributed by atoms with Crippen LogP contribution >= 0.6 is 0 Å². The summed E-state index contributed by atoms with van der Waals surface area (Å²) in [6, 6.07) is 4.40. The second-order valence-corrected chi connectivity index (χ2v) is 4.87. The average molecular weight is 293 g/mol. The quantitative estimate of drug-likeness (QED) is 0.849. The summed E-state index contributed by atoms with van der Waals surface area (Å²) in [7, 11) is 0. The number of hydrogen-bond donors (Lipinski definition) is 1. The molecular formula is C15H20FN3O2. The van der Waals surface area contributed by atoms with Gasteiger partial charge in [0.2, 0.25) is 11.7 Å². The Hall–Kier alpha value is -1.95. The Labute approximate surface area is 123 Å². The van der Waals surface area contributed by atoms with Crippen molar-refractivity contribution in [1.82, 2.24) is 10.1 Å². The summed E-state index contributed by atoms with van der Waals surface area (Å²) in [6.07, 6.45) is 2.07. The van der Waals surface area contributed by atoms with Crippen LogP contribution < -0.4 is 10.5 Å². The number of halogens is 1. The molecule has 0 bridgehead atoms. The lowest BCUT2D eigenvalue weighted by Crippen LogP contribution is -2.21. The fourth-order valence-electron chi connectivity index (χ4n) is 1.91. The highest BCUT2D eigenvalue weighted by molar-refractivity contribution is 5.34. The van der Waals surface area contributed by atoms with E-state index in [1.807, 2.05) is 13.8 Å². The first-order chi connectivity index (χ1) is 10.1. The summed E-state index contributed by atoms with van der Waals surface area (Å²) in [4.78, 5) is 4.17. The van der Waals surface area contributed by atoms with Gasteiger partial charge in [0.25, 0.3) is 0 Å². The van der Waals surface area contributed by atoms with Crippen LogP contribution in [0, 0.1) is 5.82 Å². The van der Waals surface area contributed by atoms with Gasteiger partial charge in [-0.15, -0.1) is 0 Å². The smallest absolute Gasteiger partial charge is 0.226 e. The monoisotopic (exact) mass is 293 g/mol. The van der Waals surface area contributed by atoms with E-state index < -0.39 is 0 Å². The van der Waals surface area contributed by atoms with Crippen LogP contribution in [0.25, 0.3) is 0 Å². The lowest BCUT2D eigenvalue weighted by molar-refractivity contribution is 0.281. The van der Waals surface area contributed by atoms with E-state index in [0.717, 1.165) is 12.0 Å². The molecule has 6 heteroatoms. The molecule has 1 atom stereocenters. The molecule has 21 heavy (non-hydrogen) atoms. The lowest BCUT2D eigenvalue weighted by Gasteiger charge is -2.13. The second-order valence-electron chi connectivity index (χ2n) is 4.87. The predicted molar refractivity (Wildman–Crippen MR) is 76.4 cm³/mol. The third-order valence-electron chi connectivity index (χ3n) is 3.20. The third-order valence-corrected chi connectivity index (χ3v) is 3.20. The van der Waals surface area contributed by atoms with E-state index in [0.29, 0.717) is 30.3 Å². The summed E-state index contributed by atoms with van der Waals surface area (Å²) in [5.74, 6) is 1.35. The SMILES string of the molecule is CCc1nc(COc2ccc(F)cc2CC(N)CC)no1. The number of aromatic nitrogens is 2. The van der Waals surface area contributed by atoms with Gasteiger partial charge in [-0.3, -0.25) is 0 Å². The van der Waals surface area contributed by atoms with Crippen molar-refractivity contribution in [3.05, 3.63) is 41.3 Å². The van der Waals surface area contributed by atoms with Crippen LogP contribution in [-0.2, 0) is 19.4 Å². The number of ether oxygens (including phenoxy) is 1. The zero-order valence-electron chi connectivity index (χ0n) is 12.3. The fraction of sp³-hybridized carbons (Fsp3) is 0.467. The highest BCUT2D eigenvalue weighted by Crippen LogP contribution is 2.22. The van der Waals surface area contributed by atoms with Gasteiger partial charge in [-0.05, 0) is 36.6 Å². The molecule has 0 amide bonds. The van der Waals surface area contributed by atoms with Crippen LogP contribution in [0.1, 0.15) is 37.5 Å². The van der Waals surface area contributed by atoms with Crippen molar-refractivity contribution in [2.75, 3.05) is 0 Å². The van der Waals surface area contributed by atoms with Crippen LogP contribution in [-0.4, -0.2) is 16.2 Å². The van der Waals surface area contributed by atoms with E-state index in [-0.39, 0.29) is 18.5 Å². The molecule has 114 valence electrons. The topological polar surface area (TPSA) is 74.2 Å². The molecule has 0 saturated carbocycles. The number of aryl methyl sites for hydroxylation is 1. The first kappa shape index (κ1) is 15.4. The molecule has 2 N–H and O–H groups in total. The Kier molecular flexibility index (Phi) is 5.27. The van der Waals surface area contributed by atoms with Gasteiger partial charge in [0, 0.05) is 12.5 Å². The van der Waals surface area contributed by atoms with Crippen molar-refractivity contribution in [2.24, 2.45) is 5.73 Å². The van der Waals surface area contributed by atoms with Gasteiger partial charge in [0.1, 0.15) is 11.6 Å². The van der Waals surface area contributed by atoms with E-state index >= 15 is 0 Å². The highest BCUT2D eigenvalue weighted by Gasteiger charge is 2.11. The molecule has 5 nitrogen and oxygen atoms in total. The summed E-state index contributed by atoms with van der Waals surface area (Å²) >= 11 is 0. The van der Waals surface area contributed by atoms with E-state index in [9.17, 15) is 4.39 Å². The zero-order valence-corrected chi connectivity index (χ0v) is 12.3. The molecule has 1 aromatic carbocycles. The Morgan fingerprint density at radius 1 is 1.38 bits per heavy atom. The molecule has 0 aliphatic carbocycles. The van der Waals surface area contributed by atoms with Gasteiger partial charge in [-0.2, -0.15) is 4.98 Å². The van der Waals surface area contributed by atoms with Crippen molar-refractivity contribution in [3.8, 4) is 5.75 Å². The van der Waals surface area contributed by atoms with Gasteiger partial charge in [0.05, 0.1) is 0 Å². The second kappa shape index (κ2) is 7.17. The molecule has 0 radical (unpaired) electrons. The normalized spacial score (nSPS) is 12.4. The highest BCUT2D eigenvalue weighted by atomic mass is 19.1. The minimum absolute atomic E-state index is 0.0222. The van der Waals surface area contributed by atoms with E-state index in [1.165, 1.54) is 12.1 Å². The summed E-state index contributed by atoms with van der Waals surface area (Å²) in [5, 5.41) is 3.82. The number of hydrogen-bond acceptors (Lipinski definition) is 5. The van der Waals surface area contributed by atoms with Gasteiger partial charge in [-0.25, -0.2) is 4.39 Å². The Bertz CT molecular complexity index is 586. The molecule has 0 fully saturated rings. The Morgan fingerprint density at radius 3 is 2.86 bits per heavy atom. The summed E-state index contributed by atoms with van der Waals surface area (Å²) < 4.78 is 24.1. The molecule has 1 heterocycles. The molecule has 2 rings (SSSR count). The minimum Gasteiger partial charge on any atom is -0.485 e. The number of nitrogens with zero attached hydrogens (tertiary/aromatic N) is 2. The first-order valence-corrected chi connectivity index (χ1v) is 7.10. The van der Waals surface area contributed by atoms with E-state index in [4.69, 9.17) is 15.0 Å². The molecule has 0 saturated heterocycles. The van der Waals surface area contributed by atoms with Crippen LogP contribution in [0.4, 0.5) is 4.39 Å². The Morgan fingerprint density at radius 2 is 2.19 bits per heavy atom. The molecular weight excluding hydrogens is 273 g/mol. The van der Waals surface area contributed by atoms with Gasteiger partial charge in [-0.1, -0.05) is 19.0 Å². The number of rotatable bonds is 7. The Balaban J connectivity index is 2.07. The molecule has 0 aliphatic rings. The summed E-state index contributed by atoms with van der Waals surface area (Å²) in [6.45, 7) is 4.11. The van der Waals surface area contributed by atoms with Crippen molar-refractivity contribution >= 4 is 0 Å². The zero-order chi connectivity index (χ0) is 15.2. The molecule has 0 aliphatic heterocycles. The lowest BCUT2D eigenvalue weighted by atomic mass is 10.0. The van der Waals surface area contributed by atoms with Crippen LogP contribution in [0.2, 0.25) is 0 Å². The largest absolute Gasteiger partial charge is 0.485 e. The number of benzene rings is 1. The van der Waals surface area contributed by atoms with Gasteiger partial charge in [0.15, 0.2) is 6.61 Å². The maximum Gasteiger partial charge on any atom is 0.226 e. The van der Waals surface area contributed by atoms with Crippen molar-refractivity contribution in [1.29, 1.82) is 0 Å². The number of nitrogens with two attached hydrogens (primary N) is 1. The minimum atomic E-state index is -0.298. The molecule has 0 spiro atoms. The van der Waals surface area contributed by atoms with Crippen LogP contribution in [0.5, 0.6) is 5.75 Å². The van der Waals surface area contributed by atoms with Crippen LogP contribution in [0.3, 0.4) is 0 Å². The first-order valence-electron chi connectivity index (χ1n) is 7.10. The summed E-state index contributed by atoms with van der Waals surface area (Å²) in [5.41, 5.74) is 6.69. The van der Waals surface area contributed by atoms with Gasteiger partial charge < -0.3 is 15.0 Å². The molecule has 1 aromatic heterocycles. The average Bonchev–Trinajstić information content (AvgIpc) is 2.94. The van der Waals surface area contributed by atoms with Crippen molar-refractivity contribution in [2.45, 2.75) is 45.8 Å².